The van der Waals surface area contributed by atoms with E-state index >= 15 is 0 Å². The van der Waals surface area contributed by atoms with E-state index in [4.69, 9.17) is 23.7 Å². The molecule has 13 nitrogen and oxygen atoms in total. The summed E-state index contributed by atoms with van der Waals surface area (Å²) >= 11 is 0. The summed E-state index contributed by atoms with van der Waals surface area (Å²) in [5, 5.41) is 7.96. The van der Waals surface area contributed by atoms with Crippen molar-refractivity contribution in [3.63, 3.8) is 0 Å². The summed E-state index contributed by atoms with van der Waals surface area (Å²) in [7, 11) is 1.13. The van der Waals surface area contributed by atoms with E-state index in [-0.39, 0.29) is 32.2 Å². The van der Waals surface area contributed by atoms with Gasteiger partial charge in [-0.3, -0.25) is 14.4 Å². The third-order valence-corrected chi connectivity index (χ3v) is 8.95. The SMILES string of the molecule is COC(=O)[C@H](CC(=O)OC(C)(C)C)NC(=O)[C@H](Cc1ccccc1)NC(=O)C1(NC(=O)OCC2c3ccccc3-c3ccccc32)COC(C)(C)OC1. The van der Waals surface area contributed by atoms with Crippen LogP contribution in [0, 0.1) is 0 Å². The molecular formula is C40H47N3O10. The summed E-state index contributed by atoms with van der Waals surface area (Å²) in [4.78, 5) is 67.0. The van der Waals surface area contributed by atoms with Crippen molar-refractivity contribution in [2.45, 2.75) is 82.4 Å². The van der Waals surface area contributed by atoms with Crippen molar-refractivity contribution in [3.05, 3.63) is 95.6 Å². The highest BCUT2D eigenvalue weighted by Crippen LogP contribution is 2.44. The van der Waals surface area contributed by atoms with Crippen LogP contribution in [0.3, 0.4) is 0 Å². The molecule has 5 rings (SSSR count). The standard InChI is InChI=1S/C40H47N3O10/c1-38(2,3)53-33(44)21-32(35(46)49-6)41-34(45)31(20-25-14-8-7-9-15-25)42-36(47)40(23-51-39(4,5)52-24-40)43-37(48)50-22-30-28-18-12-10-16-26(28)27-17-11-13-19-29(27)30/h7-19,30-32H,20-24H2,1-6H3,(H,41,45)(H,42,47)(H,43,48)/t31-,32-/m0/s1. The minimum Gasteiger partial charge on any atom is -0.467 e. The molecule has 3 amide bonds. The molecule has 0 aromatic heterocycles. The zero-order valence-corrected chi connectivity index (χ0v) is 30.9. The summed E-state index contributed by atoms with van der Waals surface area (Å²) in [5.41, 5.74) is 2.20. The quantitative estimate of drug-likeness (QED) is 0.182. The second-order valence-corrected chi connectivity index (χ2v) is 14.6. The van der Waals surface area contributed by atoms with Gasteiger partial charge in [0.15, 0.2) is 11.3 Å². The number of esters is 2. The van der Waals surface area contributed by atoms with E-state index in [1.807, 2.05) is 48.5 Å². The topological polar surface area (TPSA) is 168 Å². The molecule has 3 aromatic carbocycles. The molecule has 1 aliphatic heterocycles. The van der Waals surface area contributed by atoms with E-state index in [0.29, 0.717) is 5.56 Å². The number of hydrogen-bond donors (Lipinski definition) is 3. The van der Waals surface area contributed by atoms with Gasteiger partial charge in [-0.2, -0.15) is 0 Å². The molecule has 0 unspecified atom stereocenters. The second-order valence-electron chi connectivity index (χ2n) is 14.6. The molecule has 13 heteroatoms. The van der Waals surface area contributed by atoms with Gasteiger partial charge in [-0.05, 0) is 62.4 Å². The summed E-state index contributed by atoms with van der Waals surface area (Å²) in [6.07, 6.45) is -1.40. The molecule has 1 saturated heterocycles. The average Bonchev–Trinajstić information content (AvgIpc) is 3.43. The third-order valence-electron chi connectivity index (χ3n) is 8.95. The summed E-state index contributed by atoms with van der Waals surface area (Å²) in [6.45, 7) is 7.75. The van der Waals surface area contributed by atoms with E-state index in [2.05, 4.69) is 16.0 Å². The zero-order valence-electron chi connectivity index (χ0n) is 30.9. The lowest BCUT2D eigenvalue weighted by Crippen LogP contribution is -2.70. The van der Waals surface area contributed by atoms with Crippen LogP contribution in [0.2, 0.25) is 0 Å². The van der Waals surface area contributed by atoms with E-state index in [1.165, 1.54) is 0 Å². The average molecular weight is 730 g/mol. The van der Waals surface area contributed by atoms with Crippen molar-refractivity contribution in [1.82, 2.24) is 16.0 Å². The number of fused-ring (bicyclic) bond motifs is 3. The fraction of sp³-hybridized carbons (Fsp3) is 0.425. The highest BCUT2D eigenvalue weighted by molar-refractivity contribution is 5.96. The Bertz CT molecular complexity index is 1760. The van der Waals surface area contributed by atoms with Crippen LogP contribution in [0.15, 0.2) is 78.9 Å². The second kappa shape index (κ2) is 16.2. The van der Waals surface area contributed by atoms with E-state index in [0.717, 1.165) is 29.4 Å². The fourth-order valence-electron chi connectivity index (χ4n) is 6.28. The van der Waals surface area contributed by atoms with Crippen molar-refractivity contribution >= 4 is 29.8 Å². The highest BCUT2D eigenvalue weighted by atomic mass is 16.7. The molecule has 1 fully saturated rings. The molecule has 0 radical (unpaired) electrons. The van der Waals surface area contributed by atoms with Crippen molar-refractivity contribution in [1.29, 1.82) is 0 Å². The molecule has 2 atom stereocenters. The summed E-state index contributed by atoms with van der Waals surface area (Å²) < 4.78 is 27.7. The highest BCUT2D eigenvalue weighted by Gasteiger charge is 2.49. The van der Waals surface area contributed by atoms with Crippen LogP contribution < -0.4 is 16.0 Å². The summed E-state index contributed by atoms with van der Waals surface area (Å²) in [5.74, 6) is -4.48. The Hall–Kier alpha value is -5.27. The Labute approximate surface area is 309 Å². The number of methoxy groups -OCH3 is 1. The van der Waals surface area contributed by atoms with Gasteiger partial charge in [-0.1, -0.05) is 78.9 Å². The first kappa shape index (κ1) is 38.9. The van der Waals surface area contributed by atoms with Crippen molar-refractivity contribution in [2.24, 2.45) is 0 Å². The van der Waals surface area contributed by atoms with Gasteiger partial charge < -0.3 is 39.6 Å². The predicted octanol–water partition coefficient (Wildman–Crippen LogP) is 4.16. The number of ether oxygens (including phenoxy) is 5. The Morgan fingerprint density at radius 2 is 1.38 bits per heavy atom. The minimum atomic E-state index is -1.81. The molecule has 3 N–H and O–H groups in total. The lowest BCUT2D eigenvalue weighted by Gasteiger charge is -2.42. The molecule has 0 bridgehead atoms. The van der Waals surface area contributed by atoms with Crippen molar-refractivity contribution < 1.29 is 47.7 Å². The molecule has 0 saturated carbocycles. The van der Waals surface area contributed by atoms with Crippen molar-refractivity contribution in [3.8, 4) is 11.1 Å². The summed E-state index contributed by atoms with van der Waals surface area (Å²) in [6, 6.07) is 22.0. The van der Waals surface area contributed by atoms with Gasteiger partial charge in [0.1, 0.15) is 24.3 Å². The first-order valence-corrected chi connectivity index (χ1v) is 17.5. The number of benzene rings is 3. The normalized spacial score (nSPS) is 16.9. The van der Waals surface area contributed by atoms with Crippen molar-refractivity contribution in [2.75, 3.05) is 26.9 Å². The number of alkyl carbamates (subject to hydrolysis) is 1. The first-order chi connectivity index (χ1) is 25.1. The van der Waals surface area contributed by atoms with Crippen LogP contribution in [-0.4, -0.2) is 85.8 Å². The van der Waals surface area contributed by atoms with E-state index in [1.54, 1.807) is 65.0 Å². The fourth-order valence-corrected chi connectivity index (χ4v) is 6.28. The van der Waals surface area contributed by atoms with E-state index < -0.39 is 65.3 Å². The van der Waals surface area contributed by atoms with Crippen LogP contribution in [0.4, 0.5) is 4.79 Å². The van der Waals surface area contributed by atoms with Crippen LogP contribution in [0.1, 0.15) is 63.6 Å². The Morgan fingerprint density at radius 1 is 0.811 bits per heavy atom. The number of hydrogen-bond acceptors (Lipinski definition) is 10. The van der Waals surface area contributed by atoms with Gasteiger partial charge in [-0.25, -0.2) is 9.59 Å². The maximum Gasteiger partial charge on any atom is 0.408 e. The molecule has 282 valence electrons. The van der Waals surface area contributed by atoms with E-state index in [9.17, 15) is 24.0 Å². The van der Waals surface area contributed by atoms with Gasteiger partial charge >= 0.3 is 18.0 Å². The number of rotatable bonds is 12. The zero-order chi connectivity index (χ0) is 38.4. The van der Waals surface area contributed by atoms with Gasteiger partial charge in [0.05, 0.1) is 26.7 Å². The Balaban J connectivity index is 1.35. The number of amides is 3. The molecule has 1 heterocycles. The predicted molar refractivity (Wildman–Crippen MR) is 193 cm³/mol. The molecular weight excluding hydrogens is 682 g/mol. The van der Waals surface area contributed by atoms with Crippen LogP contribution in [-0.2, 0) is 49.3 Å². The molecule has 2 aliphatic rings. The lowest BCUT2D eigenvalue weighted by molar-refractivity contribution is -0.266. The molecule has 0 spiro atoms. The van der Waals surface area contributed by atoms with Crippen LogP contribution in [0.25, 0.3) is 11.1 Å². The van der Waals surface area contributed by atoms with Gasteiger partial charge in [-0.15, -0.1) is 0 Å². The maximum absolute atomic E-state index is 14.3. The smallest absolute Gasteiger partial charge is 0.408 e. The third kappa shape index (κ3) is 9.79. The van der Waals surface area contributed by atoms with Crippen LogP contribution >= 0.6 is 0 Å². The van der Waals surface area contributed by atoms with Gasteiger partial charge in [0.25, 0.3) is 5.91 Å². The lowest BCUT2D eigenvalue weighted by atomic mass is 9.97. The Kier molecular flexibility index (Phi) is 11.9. The number of nitrogens with one attached hydrogen (secondary N) is 3. The Morgan fingerprint density at radius 3 is 1.94 bits per heavy atom. The van der Waals surface area contributed by atoms with Crippen LogP contribution in [0.5, 0.6) is 0 Å². The molecule has 3 aromatic rings. The number of carbonyl (C=O) groups is 5. The first-order valence-electron chi connectivity index (χ1n) is 17.5. The minimum absolute atomic E-state index is 0.00360. The maximum atomic E-state index is 14.3. The monoisotopic (exact) mass is 729 g/mol. The number of carbonyl (C=O) groups excluding carboxylic acids is 5. The molecule has 53 heavy (non-hydrogen) atoms. The molecule has 1 aliphatic carbocycles. The van der Waals surface area contributed by atoms with Gasteiger partial charge in [0.2, 0.25) is 5.91 Å². The largest absolute Gasteiger partial charge is 0.467 e. The van der Waals surface area contributed by atoms with Gasteiger partial charge in [0, 0.05) is 12.3 Å².